The van der Waals surface area contributed by atoms with Gasteiger partial charge in [-0.1, -0.05) is 40.0 Å². The fraction of sp³-hybridized carbons (Fsp3) is 0.118. The molecule has 0 saturated heterocycles. The Labute approximate surface area is 163 Å². The highest BCUT2D eigenvalue weighted by molar-refractivity contribution is 6.46. The lowest BCUT2D eigenvalue weighted by atomic mass is 10.2. The van der Waals surface area contributed by atoms with Crippen LogP contribution in [0.2, 0.25) is 15.1 Å². The van der Waals surface area contributed by atoms with Gasteiger partial charge in [-0.2, -0.15) is 4.98 Å². The number of rotatable bonds is 5. The molecule has 0 saturated carbocycles. The van der Waals surface area contributed by atoms with E-state index >= 15 is 0 Å². The van der Waals surface area contributed by atoms with E-state index in [-0.39, 0.29) is 33.1 Å². The van der Waals surface area contributed by atoms with Crippen molar-refractivity contribution in [1.29, 1.82) is 0 Å². The maximum Gasteiger partial charge on any atom is 0.341 e. The second kappa shape index (κ2) is 7.95. The molecule has 2 aromatic carbocycles. The number of esters is 1. The van der Waals surface area contributed by atoms with E-state index in [1.807, 2.05) is 0 Å². The summed E-state index contributed by atoms with van der Waals surface area (Å²) < 4.78 is 15.3. The molecule has 3 rings (SSSR count). The summed E-state index contributed by atoms with van der Waals surface area (Å²) >= 11 is 17.9. The van der Waals surface area contributed by atoms with Crippen LogP contribution in [-0.4, -0.2) is 23.2 Å². The Morgan fingerprint density at radius 3 is 2.46 bits per heavy atom. The number of methoxy groups -OCH3 is 1. The van der Waals surface area contributed by atoms with Crippen LogP contribution in [0.5, 0.6) is 5.75 Å². The van der Waals surface area contributed by atoms with Crippen molar-refractivity contribution in [2.24, 2.45) is 0 Å². The van der Waals surface area contributed by atoms with Crippen LogP contribution < -0.4 is 4.74 Å². The molecule has 0 aliphatic heterocycles. The topological polar surface area (TPSA) is 74.5 Å². The van der Waals surface area contributed by atoms with Gasteiger partial charge in [0.05, 0.1) is 27.7 Å². The van der Waals surface area contributed by atoms with E-state index in [1.54, 1.807) is 31.4 Å². The maximum absolute atomic E-state index is 12.2. The summed E-state index contributed by atoms with van der Waals surface area (Å²) in [5.74, 6) is 0.448. The molecular formula is C17H11Cl3N2O4. The molecule has 6 nitrogen and oxygen atoms in total. The number of carbonyl (C=O) groups is 1. The minimum atomic E-state index is -0.744. The highest BCUT2D eigenvalue weighted by atomic mass is 35.5. The molecular weight excluding hydrogens is 403 g/mol. The molecule has 0 aliphatic rings. The van der Waals surface area contributed by atoms with Crippen LogP contribution in [0.25, 0.3) is 11.4 Å². The van der Waals surface area contributed by atoms with Gasteiger partial charge in [0, 0.05) is 5.56 Å². The van der Waals surface area contributed by atoms with Crippen LogP contribution in [0.4, 0.5) is 0 Å². The monoisotopic (exact) mass is 412 g/mol. The first kappa shape index (κ1) is 18.5. The van der Waals surface area contributed by atoms with Crippen molar-refractivity contribution in [1.82, 2.24) is 10.1 Å². The van der Waals surface area contributed by atoms with Crippen molar-refractivity contribution in [3.8, 4) is 17.1 Å². The van der Waals surface area contributed by atoms with Crippen molar-refractivity contribution in [2.45, 2.75) is 6.61 Å². The minimum Gasteiger partial charge on any atom is -0.497 e. The predicted molar refractivity (Wildman–Crippen MR) is 96.9 cm³/mol. The molecule has 0 N–H and O–H groups in total. The van der Waals surface area contributed by atoms with Gasteiger partial charge in [-0.05, 0) is 36.4 Å². The van der Waals surface area contributed by atoms with Crippen LogP contribution in [0.15, 0.2) is 40.9 Å². The molecule has 0 aliphatic carbocycles. The summed E-state index contributed by atoms with van der Waals surface area (Å²) in [6, 6.07) is 10.1. The van der Waals surface area contributed by atoms with E-state index < -0.39 is 5.97 Å². The number of ether oxygens (including phenoxy) is 2. The molecule has 134 valence electrons. The summed E-state index contributed by atoms with van der Waals surface area (Å²) in [4.78, 5) is 16.4. The van der Waals surface area contributed by atoms with Gasteiger partial charge in [0.2, 0.25) is 5.82 Å². The Morgan fingerprint density at radius 2 is 1.77 bits per heavy atom. The quantitative estimate of drug-likeness (QED) is 0.430. The number of nitrogens with zero attached hydrogens (tertiary/aromatic N) is 2. The molecule has 3 aromatic rings. The molecule has 0 atom stereocenters. The van der Waals surface area contributed by atoms with Crippen LogP contribution in [0.3, 0.4) is 0 Å². The van der Waals surface area contributed by atoms with E-state index in [9.17, 15) is 4.79 Å². The molecule has 26 heavy (non-hydrogen) atoms. The average Bonchev–Trinajstić information content (AvgIpc) is 3.12. The molecule has 0 unspecified atom stereocenters. The van der Waals surface area contributed by atoms with Crippen molar-refractivity contribution < 1.29 is 18.8 Å². The van der Waals surface area contributed by atoms with Crippen molar-refractivity contribution in [3.63, 3.8) is 0 Å². The SMILES string of the molecule is COc1ccc(-c2noc(COC(=O)c3c(Cl)ccc(Cl)c3Cl)n2)cc1. The van der Waals surface area contributed by atoms with Gasteiger partial charge in [-0.25, -0.2) is 4.79 Å². The summed E-state index contributed by atoms with van der Waals surface area (Å²) in [5.41, 5.74) is 0.712. The van der Waals surface area contributed by atoms with E-state index in [2.05, 4.69) is 10.1 Å². The van der Waals surface area contributed by atoms with Crippen LogP contribution in [-0.2, 0) is 11.3 Å². The molecule has 0 bridgehead atoms. The molecule has 1 heterocycles. The molecule has 9 heteroatoms. The summed E-state index contributed by atoms with van der Waals surface area (Å²) in [5, 5.41) is 4.20. The molecule has 0 radical (unpaired) electrons. The standard InChI is InChI=1S/C17H11Cl3N2O4/c1-24-10-4-2-9(3-5-10)16-21-13(26-22-16)8-25-17(23)14-11(18)6-7-12(19)15(14)20/h2-7H,8H2,1H3. The van der Waals surface area contributed by atoms with E-state index in [4.69, 9.17) is 48.8 Å². The van der Waals surface area contributed by atoms with Crippen LogP contribution in [0, 0.1) is 0 Å². The van der Waals surface area contributed by atoms with E-state index in [0.29, 0.717) is 11.6 Å². The zero-order valence-corrected chi connectivity index (χ0v) is 15.6. The third-order valence-electron chi connectivity index (χ3n) is 3.39. The average molecular weight is 414 g/mol. The predicted octanol–water partition coefficient (Wildman–Crippen LogP) is 5.06. The van der Waals surface area contributed by atoms with Gasteiger partial charge in [0.25, 0.3) is 5.89 Å². The summed E-state index contributed by atoms with van der Waals surface area (Å²) in [7, 11) is 1.58. The van der Waals surface area contributed by atoms with Gasteiger partial charge < -0.3 is 14.0 Å². The highest BCUT2D eigenvalue weighted by Crippen LogP contribution is 2.32. The maximum atomic E-state index is 12.2. The highest BCUT2D eigenvalue weighted by Gasteiger charge is 2.20. The van der Waals surface area contributed by atoms with Crippen molar-refractivity contribution in [2.75, 3.05) is 7.11 Å². The minimum absolute atomic E-state index is 0.0178. The Kier molecular flexibility index (Phi) is 5.66. The van der Waals surface area contributed by atoms with Crippen molar-refractivity contribution in [3.05, 3.63) is 62.9 Å². The fourth-order valence-electron chi connectivity index (χ4n) is 2.08. The number of hydrogen-bond donors (Lipinski definition) is 0. The van der Waals surface area contributed by atoms with Gasteiger partial charge in [-0.15, -0.1) is 0 Å². The van der Waals surface area contributed by atoms with Crippen LogP contribution in [0.1, 0.15) is 16.2 Å². The van der Waals surface area contributed by atoms with Crippen LogP contribution >= 0.6 is 34.8 Å². The number of carbonyl (C=O) groups excluding carboxylic acids is 1. The van der Waals surface area contributed by atoms with Gasteiger partial charge in [0.15, 0.2) is 6.61 Å². The Morgan fingerprint density at radius 1 is 1.08 bits per heavy atom. The van der Waals surface area contributed by atoms with Gasteiger partial charge >= 0.3 is 5.97 Å². The van der Waals surface area contributed by atoms with Crippen molar-refractivity contribution >= 4 is 40.8 Å². The Bertz CT molecular complexity index is 942. The first-order valence-corrected chi connectivity index (χ1v) is 8.40. The third-order valence-corrected chi connectivity index (χ3v) is 4.51. The lowest BCUT2D eigenvalue weighted by Crippen LogP contribution is -2.07. The lowest BCUT2D eigenvalue weighted by Gasteiger charge is -2.07. The zero-order valence-electron chi connectivity index (χ0n) is 13.3. The third kappa shape index (κ3) is 3.93. The van der Waals surface area contributed by atoms with E-state index in [1.165, 1.54) is 12.1 Å². The fourth-order valence-corrected chi connectivity index (χ4v) is 2.77. The Balaban J connectivity index is 1.70. The van der Waals surface area contributed by atoms with Gasteiger partial charge in [0.1, 0.15) is 5.75 Å². The number of benzene rings is 2. The second-order valence-corrected chi connectivity index (χ2v) is 6.23. The molecule has 0 spiro atoms. The Hall–Kier alpha value is -2.28. The molecule has 1 aromatic heterocycles. The first-order chi connectivity index (χ1) is 12.5. The second-order valence-electron chi connectivity index (χ2n) is 5.03. The number of aromatic nitrogens is 2. The smallest absolute Gasteiger partial charge is 0.341 e. The largest absolute Gasteiger partial charge is 0.497 e. The summed E-state index contributed by atoms with van der Waals surface area (Å²) in [6.45, 7) is -0.235. The normalized spacial score (nSPS) is 10.6. The zero-order chi connectivity index (χ0) is 18.7. The number of halogens is 3. The molecule has 0 amide bonds. The van der Waals surface area contributed by atoms with Gasteiger partial charge in [-0.3, -0.25) is 0 Å². The summed E-state index contributed by atoms with van der Waals surface area (Å²) in [6.07, 6.45) is 0. The number of hydrogen-bond acceptors (Lipinski definition) is 6. The van der Waals surface area contributed by atoms with E-state index in [0.717, 1.165) is 5.56 Å². The molecule has 0 fully saturated rings. The lowest BCUT2D eigenvalue weighted by molar-refractivity contribution is 0.0430. The first-order valence-electron chi connectivity index (χ1n) is 7.27.